The van der Waals surface area contributed by atoms with E-state index in [0.717, 1.165) is 16.5 Å². The van der Waals surface area contributed by atoms with Crippen molar-refractivity contribution in [3.63, 3.8) is 0 Å². The Morgan fingerprint density at radius 3 is 2.17 bits per heavy atom. The predicted molar refractivity (Wildman–Crippen MR) is 94.3 cm³/mol. The maximum absolute atomic E-state index is 10.6. The zero-order valence-corrected chi connectivity index (χ0v) is 13.9. The number of aliphatic carboxylic acids is 2. The van der Waals surface area contributed by atoms with Crippen molar-refractivity contribution in [2.24, 2.45) is 11.5 Å². The third kappa shape index (κ3) is 6.49. The highest BCUT2D eigenvalue weighted by molar-refractivity contribution is 7.80. The molecule has 7 N–H and O–H groups in total. The molecule has 2 unspecified atom stereocenters. The molecule has 1 aromatic heterocycles. The van der Waals surface area contributed by atoms with Crippen LogP contribution in [0, 0.1) is 0 Å². The molecule has 7 nitrogen and oxygen atoms in total. The summed E-state index contributed by atoms with van der Waals surface area (Å²) in [6, 6.07) is 6.10. The minimum absolute atomic E-state index is 0. The molecule has 2 aromatic rings. The van der Waals surface area contributed by atoms with Gasteiger partial charge in [-0.15, -0.1) is 12.4 Å². The van der Waals surface area contributed by atoms with Crippen LogP contribution < -0.4 is 11.5 Å². The lowest BCUT2D eigenvalue weighted by Crippen LogP contribution is -2.32. The summed E-state index contributed by atoms with van der Waals surface area (Å²) in [5, 5.41) is 17.8. The van der Waals surface area contributed by atoms with Crippen LogP contribution in [0.25, 0.3) is 10.9 Å². The van der Waals surface area contributed by atoms with E-state index in [-0.39, 0.29) is 18.2 Å². The van der Waals surface area contributed by atoms with E-state index in [9.17, 15) is 9.59 Å². The van der Waals surface area contributed by atoms with Crippen molar-refractivity contribution in [2.45, 2.75) is 18.5 Å². The first-order valence-corrected chi connectivity index (χ1v) is 7.12. The Labute approximate surface area is 144 Å². The molecule has 0 spiro atoms. The number of aromatic nitrogens is 1. The zero-order valence-electron chi connectivity index (χ0n) is 12.2. The van der Waals surface area contributed by atoms with Crippen LogP contribution in [0.15, 0.2) is 30.5 Å². The largest absolute Gasteiger partial charge is 0.480 e. The maximum atomic E-state index is 10.6. The zero-order chi connectivity index (χ0) is 16.7. The second-order valence-corrected chi connectivity index (χ2v) is 5.00. The van der Waals surface area contributed by atoms with Crippen LogP contribution in [-0.4, -0.2) is 45.0 Å². The molecule has 0 aliphatic heterocycles. The Bertz CT molecular complexity index is 650. The number of fused-ring (bicyclic) bond motifs is 1. The number of halogens is 1. The molecular formula is C14H20ClN3O4S. The summed E-state index contributed by atoms with van der Waals surface area (Å²) < 4.78 is 0. The van der Waals surface area contributed by atoms with Gasteiger partial charge in [0.1, 0.15) is 12.1 Å². The van der Waals surface area contributed by atoms with Gasteiger partial charge in [0.25, 0.3) is 0 Å². The Morgan fingerprint density at radius 2 is 1.70 bits per heavy atom. The van der Waals surface area contributed by atoms with Crippen LogP contribution in [0.3, 0.4) is 0 Å². The van der Waals surface area contributed by atoms with E-state index in [1.165, 1.54) is 0 Å². The fourth-order valence-corrected chi connectivity index (χ4v) is 1.86. The normalized spacial score (nSPS) is 12.5. The topological polar surface area (TPSA) is 142 Å². The molecule has 0 aliphatic carbocycles. The molecule has 1 aromatic carbocycles. The van der Waals surface area contributed by atoms with Gasteiger partial charge in [-0.2, -0.15) is 12.6 Å². The van der Waals surface area contributed by atoms with Crippen LogP contribution in [0.1, 0.15) is 5.56 Å². The molecular weight excluding hydrogens is 342 g/mol. The Hall–Kier alpha value is -1.74. The summed E-state index contributed by atoms with van der Waals surface area (Å²) in [4.78, 5) is 23.5. The fourth-order valence-electron chi connectivity index (χ4n) is 1.70. The highest BCUT2D eigenvalue weighted by atomic mass is 35.5. The lowest BCUT2D eigenvalue weighted by molar-refractivity contribution is -0.139. The number of thiol groups is 1. The number of aromatic amines is 1. The minimum atomic E-state index is -1.00. The van der Waals surface area contributed by atoms with Crippen molar-refractivity contribution in [3.8, 4) is 0 Å². The Kier molecular flexibility index (Phi) is 9.35. The molecule has 0 aliphatic rings. The number of nitrogens with one attached hydrogen (secondary N) is 1. The van der Waals surface area contributed by atoms with Crippen LogP contribution in [0.2, 0.25) is 0 Å². The molecule has 23 heavy (non-hydrogen) atoms. The van der Waals surface area contributed by atoms with Crippen molar-refractivity contribution < 1.29 is 19.8 Å². The smallest absolute Gasteiger partial charge is 0.321 e. The summed E-state index contributed by atoms with van der Waals surface area (Å²) >= 11 is 3.65. The summed E-state index contributed by atoms with van der Waals surface area (Å²) in [6.45, 7) is 0. The average molecular weight is 362 g/mol. The molecule has 2 atom stereocenters. The van der Waals surface area contributed by atoms with E-state index < -0.39 is 24.0 Å². The number of carboxylic acids is 2. The number of rotatable bonds is 5. The molecule has 0 amide bonds. The third-order valence-electron chi connectivity index (χ3n) is 2.95. The van der Waals surface area contributed by atoms with Gasteiger partial charge < -0.3 is 26.7 Å². The molecule has 0 bridgehead atoms. The first kappa shape index (κ1) is 21.3. The number of hydrogen-bond donors (Lipinski definition) is 6. The number of carbonyl (C=O) groups is 2. The van der Waals surface area contributed by atoms with Gasteiger partial charge >= 0.3 is 11.9 Å². The van der Waals surface area contributed by atoms with Gasteiger partial charge in [0.05, 0.1) is 0 Å². The van der Waals surface area contributed by atoms with Crippen LogP contribution >= 0.6 is 25.0 Å². The first-order valence-electron chi connectivity index (χ1n) is 6.49. The average Bonchev–Trinajstić information content (AvgIpc) is 2.90. The van der Waals surface area contributed by atoms with E-state index >= 15 is 0 Å². The number of benzene rings is 1. The predicted octanol–water partition coefficient (Wildman–Crippen LogP) is 0.872. The van der Waals surface area contributed by atoms with Crippen molar-refractivity contribution in [2.75, 3.05) is 5.75 Å². The Morgan fingerprint density at radius 1 is 1.13 bits per heavy atom. The number of hydrogen-bond acceptors (Lipinski definition) is 5. The quantitative estimate of drug-likeness (QED) is 0.436. The first-order chi connectivity index (χ1) is 10.4. The van der Waals surface area contributed by atoms with Gasteiger partial charge in [0.15, 0.2) is 0 Å². The molecule has 0 fully saturated rings. The summed E-state index contributed by atoms with van der Waals surface area (Å²) in [6.07, 6.45) is 2.16. The number of carboxylic acid groups (broad SMARTS) is 2. The lowest BCUT2D eigenvalue weighted by atomic mass is 10.1. The standard InChI is InChI=1S/C11H12N2O2.C3H7NO2S.ClH/c12-9(11(14)15)5-7-6-13-10-4-2-1-3-8(7)10;4-2(1-7)3(5)6;/h1-4,6,9,13H,5,12H2,(H,14,15);2,7H,1,4H2,(H,5,6);1H. The molecule has 0 radical (unpaired) electrons. The highest BCUT2D eigenvalue weighted by Crippen LogP contribution is 2.18. The van der Waals surface area contributed by atoms with Gasteiger partial charge in [-0.3, -0.25) is 9.59 Å². The van der Waals surface area contributed by atoms with Crippen molar-refractivity contribution >= 4 is 47.9 Å². The molecule has 0 saturated carbocycles. The van der Waals surface area contributed by atoms with Gasteiger partial charge in [-0.1, -0.05) is 18.2 Å². The molecule has 9 heteroatoms. The van der Waals surface area contributed by atoms with Crippen LogP contribution in [0.5, 0.6) is 0 Å². The summed E-state index contributed by atoms with van der Waals surface area (Å²) in [5.74, 6) is -1.79. The van der Waals surface area contributed by atoms with E-state index in [2.05, 4.69) is 17.6 Å². The second kappa shape index (κ2) is 10.1. The van der Waals surface area contributed by atoms with Crippen molar-refractivity contribution in [1.29, 1.82) is 0 Å². The molecule has 128 valence electrons. The Balaban J connectivity index is 0.000000522. The van der Waals surface area contributed by atoms with Gasteiger partial charge in [-0.25, -0.2) is 0 Å². The minimum Gasteiger partial charge on any atom is -0.480 e. The highest BCUT2D eigenvalue weighted by Gasteiger charge is 2.14. The van der Waals surface area contributed by atoms with Crippen molar-refractivity contribution in [3.05, 3.63) is 36.0 Å². The van der Waals surface area contributed by atoms with Crippen molar-refractivity contribution in [1.82, 2.24) is 4.98 Å². The van der Waals surface area contributed by atoms with Crippen LogP contribution in [0.4, 0.5) is 0 Å². The lowest BCUT2D eigenvalue weighted by Gasteiger charge is -2.04. The molecule has 2 rings (SSSR count). The number of para-hydroxylation sites is 1. The van der Waals surface area contributed by atoms with E-state index in [4.69, 9.17) is 21.7 Å². The van der Waals surface area contributed by atoms with Crippen LogP contribution in [-0.2, 0) is 16.0 Å². The van der Waals surface area contributed by atoms with E-state index in [1.54, 1.807) is 0 Å². The third-order valence-corrected chi connectivity index (χ3v) is 3.34. The molecule has 1 heterocycles. The number of H-pyrrole nitrogens is 1. The van der Waals surface area contributed by atoms with Gasteiger partial charge in [0, 0.05) is 29.3 Å². The summed E-state index contributed by atoms with van der Waals surface area (Å²) in [5.41, 5.74) is 12.4. The summed E-state index contributed by atoms with van der Waals surface area (Å²) in [7, 11) is 0. The fraction of sp³-hybridized carbons (Fsp3) is 0.286. The SMILES string of the molecule is Cl.NC(CS)C(=O)O.NC(Cc1c[nH]c2ccccc12)C(=O)O. The number of nitrogens with two attached hydrogens (primary N) is 2. The van der Waals surface area contributed by atoms with E-state index in [1.807, 2.05) is 30.5 Å². The molecule has 0 saturated heterocycles. The van der Waals surface area contributed by atoms with Gasteiger partial charge in [0.2, 0.25) is 0 Å². The van der Waals surface area contributed by atoms with E-state index in [0.29, 0.717) is 6.42 Å². The maximum Gasteiger partial charge on any atom is 0.321 e. The second-order valence-electron chi connectivity index (χ2n) is 4.64. The monoisotopic (exact) mass is 361 g/mol. The van der Waals surface area contributed by atoms with Gasteiger partial charge in [-0.05, 0) is 11.6 Å².